The van der Waals surface area contributed by atoms with Crippen molar-refractivity contribution in [1.82, 2.24) is 4.90 Å². The van der Waals surface area contributed by atoms with Gasteiger partial charge in [0, 0.05) is 11.3 Å². The van der Waals surface area contributed by atoms with Gasteiger partial charge >= 0.3 is 0 Å². The molecule has 38 heavy (non-hydrogen) atoms. The lowest BCUT2D eigenvalue weighted by Gasteiger charge is -2.13. The van der Waals surface area contributed by atoms with Gasteiger partial charge in [-0.1, -0.05) is 18.2 Å². The maximum Gasteiger partial charge on any atom is 0.294 e. The number of rotatable bonds is 8. The van der Waals surface area contributed by atoms with E-state index in [0.29, 0.717) is 22.7 Å². The quantitative estimate of drug-likeness (QED) is 0.221. The van der Waals surface area contributed by atoms with Crippen LogP contribution >= 0.6 is 56.9 Å². The highest BCUT2D eigenvalue weighted by Gasteiger charge is 2.36. The van der Waals surface area contributed by atoms with Crippen molar-refractivity contribution in [2.45, 2.75) is 6.61 Å². The second-order valence-corrected chi connectivity index (χ2v) is 11.2. The third kappa shape index (κ3) is 6.66. The van der Waals surface area contributed by atoms with Gasteiger partial charge < -0.3 is 14.8 Å². The van der Waals surface area contributed by atoms with E-state index in [1.165, 1.54) is 0 Å². The number of carbonyl (C=O) groups excluding carboxylic acids is 3. The van der Waals surface area contributed by atoms with E-state index in [0.717, 1.165) is 34.9 Å². The number of nitrogens with one attached hydrogen (secondary N) is 1. The Morgan fingerprint density at radius 1 is 1.11 bits per heavy atom. The van der Waals surface area contributed by atoms with Crippen LogP contribution in [0.1, 0.15) is 16.7 Å². The molecule has 1 N–H and O–H groups in total. The first kappa shape index (κ1) is 27.9. The molecule has 0 aromatic heterocycles. The van der Waals surface area contributed by atoms with E-state index in [4.69, 9.17) is 9.47 Å². The van der Waals surface area contributed by atoms with Crippen LogP contribution in [0, 0.1) is 18.5 Å². The summed E-state index contributed by atoms with van der Waals surface area (Å²) in [6.45, 7) is -0.146. The van der Waals surface area contributed by atoms with Crippen LogP contribution in [0.3, 0.4) is 0 Å². The predicted octanol–water partition coefficient (Wildman–Crippen LogP) is 6.03. The minimum Gasteiger partial charge on any atom is -0.497 e. The molecule has 0 bridgehead atoms. The molecule has 3 aromatic rings. The molecule has 0 spiro atoms. The second-order valence-electron chi connectivity index (χ2n) is 7.92. The molecule has 0 unspecified atom stereocenters. The van der Waals surface area contributed by atoms with Gasteiger partial charge in [-0.05, 0) is 111 Å². The summed E-state index contributed by atoms with van der Waals surface area (Å²) in [5.41, 5.74) is 2.59. The number of hydrogen-bond acceptors (Lipinski definition) is 7. The maximum absolute atomic E-state index is 12.9. The van der Waals surface area contributed by atoms with Crippen LogP contribution < -0.4 is 14.8 Å². The zero-order chi connectivity index (χ0) is 27.2. The number of nitriles is 1. The van der Waals surface area contributed by atoms with Crippen LogP contribution in [-0.2, 0) is 16.2 Å². The molecule has 3 amide bonds. The fraction of sp³-hybridized carbons (Fsp3) is 0.111. The minimum absolute atomic E-state index is 0.232. The number of ether oxygens (including phenoxy) is 2. The molecule has 0 aliphatic carbocycles. The smallest absolute Gasteiger partial charge is 0.294 e. The van der Waals surface area contributed by atoms with Gasteiger partial charge in [-0.25, -0.2) is 0 Å². The average molecular weight is 751 g/mol. The predicted molar refractivity (Wildman–Crippen MR) is 162 cm³/mol. The Kier molecular flexibility index (Phi) is 9.29. The Balaban J connectivity index is 1.43. The van der Waals surface area contributed by atoms with Crippen molar-refractivity contribution < 1.29 is 23.9 Å². The van der Waals surface area contributed by atoms with Crippen molar-refractivity contribution in [2.24, 2.45) is 0 Å². The zero-order valence-electron chi connectivity index (χ0n) is 19.9. The van der Waals surface area contributed by atoms with E-state index in [1.807, 2.05) is 24.3 Å². The largest absolute Gasteiger partial charge is 0.497 e. The molecule has 1 fully saturated rings. The zero-order valence-corrected chi connectivity index (χ0v) is 25.0. The van der Waals surface area contributed by atoms with Gasteiger partial charge in [0.1, 0.15) is 24.7 Å². The fourth-order valence-electron chi connectivity index (χ4n) is 3.51. The molecule has 192 valence electrons. The third-order valence-electron chi connectivity index (χ3n) is 5.38. The van der Waals surface area contributed by atoms with Crippen LogP contribution in [0.25, 0.3) is 6.08 Å². The summed E-state index contributed by atoms with van der Waals surface area (Å²) < 4.78 is 12.7. The number of hydrogen-bond donors (Lipinski definition) is 1. The molecule has 0 saturated carbocycles. The molecule has 3 aromatic carbocycles. The molecule has 8 nitrogen and oxygen atoms in total. The number of benzene rings is 3. The normalized spacial score (nSPS) is 13.9. The van der Waals surface area contributed by atoms with Gasteiger partial charge in [-0.15, -0.1) is 0 Å². The SMILES string of the molecule is COc1ccc(NC(=O)CN2C(=O)S/C(=C/c3cc(I)c(OCc4ccccc4C#N)c(I)c3)C2=O)cc1. The lowest BCUT2D eigenvalue weighted by atomic mass is 10.1. The standard InChI is InChI=1S/C27H19I2N3O5S/c1-36-20-8-6-19(7-9-20)31-24(33)14-32-26(34)23(38-27(32)35)12-16-10-21(28)25(22(29)11-16)37-15-18-5-3-2-4-17(18)13-30/h2-12H,14-15H2,1H3,(H,31,33)/b23-12+. The number of halogens is 2. The van der Waals surface area contributed by atoms with Crippen molar-refractivity contribution in [3.05, 3.63) is 89.4 Å². The number of thioether (sulfide) groups is 1. The average Bonchev–Trinajstić information content (AvgIpc) is 3.16. The Bertz CT molecular complexity index is 1460. The van der Waals surface area contributed by atoms with Gasteiger partial charge in [-0.2, -0.15) is 5.26 Å². The van der Waals surface area contributed by atoms with Crippen molar-refractivity contribution in [3.8, 4) is 17.6 Å². The van der Waals surface area contributed by atoms with E-state index in [-0.39, 0.29) is 18.1 Å². The van der Waals surface area contributed by atoms with E-state index in [1.54, 1.807) is 49.6 Å². The molecular formula is C27H19I2N3O5S. The van der Waals surface area contributed by atoms with E-state index >= 15 is 0 Å². The van der Waals surface area contributed by atoms with Crippen LogP contribution in [0.15, 0.2) is 65.6 Å². The number of imide groups is 1. The molecule has 1 aliphatic rings. The van der Waals surface area contributed by atoms with Crippen molar-refractivity contribution >= 4 is 85.8 Å². The van der Waals surface area contributed by atoms with Crippen LogP contribution in [0.4, 0.5) is 10.5 Å². The Labute approximate surface area is 250 Å². The highest BCUT2D eigenvalue weighted by molar-refractivity contribution is 14.1. The Morgan fingerprint density at radius 2 is 1.79 bits per heavy atom. The topological polar surface area (TPSA) is 109 Å². The van der Waals surface area contributed by atoms with Gasteiger partial charge in [0.2, 0.25) is 5.91 Å². The summed E-state index contributed by atoms with van der Waals surface area (Å²) in [4.78, 5) is 39.0. The lowest BCUT2D eigenvalue weighted by Crippen LogP contribution is -2.36. The van der Waals surface area contributed by atoms with Crippen molar-refractivity contribution in [2.75, 3.05) is 19.0 Å². The fourth-order valence-corrected chi connectivity index (χ4v) is 6.48. The summed E-state index contributed by atoms with van der Waals surface area (Å²) >= 11 is 5.09. The van der Waals surface area contributed by atoms with Gasteiger partial charge in [0.15, 0.2) is 0 Å². The first-order valence-corrected chi connectivity index (χ1v) is 14.1. The minimum atomic E-state index is -0.525. The molecule has 1 saturated heterocycles. The third-order valence-corrected chi connectivity index (χ3v) is 7.89. The highest BCUT2D eigenvalue weighted by Crippen LogP contribution is 2.35. The van der Waals surface area contributed by atoms with E-state index < -0.39 is 17.1 Å². The number of amides is 3. The van der Waals surface area contributed by atoms with Gasteiger partial charge in [0.05, 0.1) is 30.8 Å². The van der Waals surface area contributed by atoms with Crippen molar-refractivity contribution in [1.29, 1.82) is 5.26 Å². The first-order chi connectivity index (χ1) is 18.3. The summed E-state index contributed by atoms with van der Waals surface area (Å²) in [6, 6.07) is 19.8. The summed E-state index contributed by atoms with van der Waals surface area (Å²) in [5, 5.41) is 11.5. The summed E-state index contributed by atoms with van der Waals surface area (Å²) in [5.74, 6) is 0.303. The highest BCUT2D eigenvalue weighted by atomic mass is 127. The maximum atomic E-state index is 12.9. The molecule has 1 aliphatic heterocycles. The van der Waals surface area contributed by atoms with Crippen LogP contribution in [-0.4, -0.2) is 35.6 Å². The number of nitrogens with zero attached hydrogens (tertiary/aromatic N) is 2. The monoisotopic (exact) mass is 751 g/mol. The Hall–Kier alpha value is -3.09. The molecule has 1 heterocycles. The molecule has 11 heteroatoms. The number of methoxy groups -OCH3 is 1. The number of anilines is 1. The molecule has 0 atom stereocenters. The molecule has 4 rings (SSSR count). The summed E-state index contributed by atoms with van der Waals surface area (Å²) in [6.07, 6.45) is 1.63. The van der Waals surface area contributed by atoms with E-state index in [2.05, 4.69) is 56.6 Å². The molecule has 0 radical (unpaired) electrons. The number of carbonyl (C=O) groups is 3. The Morgan fingerprint density at radius 3 is 2.45 bits per heavy atom. The van der Waals surface area contributed by atoms with Gasteiger partial charge in [-0.3, -0.25) is 19.3 Å². The summed E-state index contributed by atoms with van der Waals surface area (Å²) in [7, 11) is 1.54. The second kappa shape index (κ2) is 12.6. The first-order valence-electron chi connectivity index (χ1n) is 11.1. The van der Waals surface area contributed by atoms with E-state index in [9.17, 15) is 19.6 Å². The lowest BCUT2D eigenvalue weighted by molar-refractivity contribution is -0.127. The molecular weight excluding hydrogens is 732 g/mol. The van der Waals surface area contributed by atoms with Crippen LogP contribution in [0.2, 0.25) is 0 Å². The van der Waals surface area contributed by atoms with Gasteiger partial charge in [0.25, 0.3) is 11.1 Å². The van der Waals surface area contributed by atoms with Crippen molar-refractivity contribution in [3.63, 3.8) is 0 Å². The van der Waals surface area contributed by atoms with Crippen LogP contribution in [0.5, 0.6) is 11.5 Å².